The van der Waals surface area contributed by atoms with E-state index in [0.29, 0.717) is 5.90 Å². The fraction of sp³-hybridized carbons (Fsp3) is 0.214. The Morgan fingerprint density at radius 1 is 1.12 bits per heavy atom. The van der Waals surface area contributed by atoms with E-state index in [1.807, 2.05) is 36.5 Å². The lowest BCUT2D eigenvalue weighted by atomic mass is 10.0. The average molecular weight is 226 g/mol. The Kier molecular flexibility index (Phi) is 2.44. The van der Waals surface area contributed by atoms with Crippen LogP contribution in [0.3, 0.4) is 0 Å². The van der Waals surface area contributed by atoms with Gasteiger partial charge in [-0.05, 0) is 24.6 Å². The van der Waals surface area contributed by atoms with Crippen LogP contribution in [0.25, 0.3) is 0 Å². The number of rotatable bonds is 2. The van der Waals surface area contributed by atoms with E-state index in [1.54, 1.807) is 0 Å². The molecule has 1 N–H and O–H groups in total. The van der Waals surface area contributed by atoms with Crippen LogP contribution in [0.4, 0.5) is 0 Å². The summed E-state index contributed by atoms with van der Waals surface area (Å²) in [4.78, 5) is 7.67. The van der Waals surface area contributed by atoms with Gasteiger partial charge in [-0.15, -0.1) is 0 Å². The lowest BCUT2D eigenvalue weighted by molar-refractivity contribution is 0.202. The topological polar surface area (TPSA) is 37.4 Å². The number of ether oxygens (including phenoxy) is 1. The predicted molar refractivity (Wildman–Crippen MR) is 67.1 cm³/mol. The molecule has 0 fully saturated rings. The number of H-pyrrole nitrogens is 1. The van der Waals surface area contributed by atoms with Crippen molar-refractivity contribution in [2.45, 2.75) is 19.1 Å². The standard InChI is InChI=1S/C14H14N2O/c1-10-13(11-6-3-2-4-7-11)17-14(16-10)12-8-5-9-15-12/h2-10,13,15H,1H3/t10-,13-/m0/s1. The third-order valence-electron chi connectivity index (χ3n) is 2.95. The summed E-state index contributed by atoms with van der Waals surface area (Å²) in [5, 5.41) is 0. The van der Waals surface area contributed by atoms with Crippen LogP contribution in [0.1, 0.15) is 24.3 Å². The first-order chi connectivity index (χ1) is 8.34. The molecule has 0 bridgehead atoms. The number of aliphatic imine (C=N–C) groups is 1. The van der Waals surface area contributed by atoms with Crippen molar-refractivity contribution in [3.05, 3.63) is 59.9 Å². The molecule has 1 aromatic heterocycles. The first-order valence-corrected chi connectivity index (χ1v) is 5.78. The molecule has 0 radical (unpaired) electrons. The summed E-state index contributed by atoms with van der Waals surface area (Å²) in [7, 11) is 0. The van der Waals surface area contributed by atoms with Gasteiger partial charge in [0.15, 0.2) is 0 Å². The van der Waals surface area contributed by atoms with Crippen molar-refractivity contribution in [2.75, 3.05) is 0 Å². The molecular formula is C14H14N2O. The van der Waals surface area contributed by atoms with E-state index >= 15 is 0 Å². The fourth-order valence-corrected chi connectivity index (χ4v) is 2.09. The summed E-state index contributed by atoms with van der Waals surface area (Å²) in [5.74, 6) is 0.705. The molecule has 17 heavy (non-hydrogen) atoms. The van der Waals surface area contributed by atoms with Crippen molar-refractivity contribution in [2.24, 2.45) is 4.99 Å². The van der Waals surface area contributed by atoms with E-state index in [9.17, 15) is 0 Å². The third kappa shape index (κ3) is 1.84. The molecule has 1 aliphatic heterocycles. The third-order valence-corrected chi connectivity index (χ3v) is 2.95. The second-order valence-corrected chi connectivity index (χ2v) is 4.21. The van der Waals surface area contributed by atoms with Crippen LogP contribution in [0.5, 0.6) is 0 Å². The van der Waals surface area contributed by atoms with Gasteiger partial charge < -0.3 is 9.72 Å². The van der Waals surface area contributed by atoms with Crippen LogP contribution in [0.2, 0.25) is 0 Å². The zero-order valence-corrected chi connectivity index (χ0v) is 9.63. The molecule has 0 saturated carbocycles. The Bertz CT molecular complexity index is 516. The monoisotopic (exact) mass is 226 g/mol. The molecule has 0 saturated heterocycles. The highest BCUT2D eigenvalue weighted by molar-refractivity contribution is 5.93. The van der Waals surface area contributed by atoms with Gasteiger partial charge in [-0.1, -0.05) is 30.3 Å². The van der Waals surface area contributed by atoms with Crippen molar-refractivity contribution in [3.63, 3.8) is 0 Å². The van der Waals surface area contributed by atoms with Gasteiger partial charge in [-0.3, -0.25) is 0 Å². The van der Waals surface area contributed by atoms with Crippen LogP contribution in [-0.4, -0.2) is 16.9 Å². The molecule has 2 heterocycles. The summed E-state index contributed by atoms with van der Waals surface area (Å²) in [6.07, 6.45) is 1.90. The maximum absolute atomic E-state index is 5.92. The highest BCUT2D eigenvalue weighted by Gasteiger charge is 2.29. The Hall–Kier alpha value is -2.03. The summed E-state index contributed by atoms with van der Waals surface area (Å²) >= 11 is 0. The molecular weight excluding hydrogens is 212 g/mol. The van der Waals surface area contributed by atoms with Crippen molar-refractivity contribution < 1.29 is 4.74 Å². The van der Waals surface area contributed by atoms with Gasteiger partial charge in [0, 0.05) is 6.20 Å². The molecule has 3 heteroatoms. The van der Waals surface area contributed by atoms with Crippen molar-refractivity contribution >= 4 is 5.90 Å². The van der Waals surface area contributed by atoms with E-state index in [-0.39, 0.29) is 12.1 Å². The molecule has 2 aromatic rings. The van der Waals surface area contributed by atoms with E-state index in [4.69, 9.17) is 4.74 Å². The zero-order valence-electron chi connectivity index (χ0n) is 9.63. The lowest BCUT2D eigenvalue weighted by Crippen LogP contribution is -2.11. The number of aromatic nitrogens is 1. The number of benzene rings is 1. The van der Waals surface area contributed by atoms with Crippen molar-refractivity contribution in [1.29, 1.82) is 0 Å². The Morgan fingerprint density at radius 3 is 2.65 bits per heavy atom. The minimum atomic E-state index is 0.0227. The van der Waals surface area contributed by atoms with Gasteiger partial charge in [-0.2, -0.15) is 0 Å². The average Bonchev–Trinajstić information content (AvgIpc) is 2.99. The van der Waals surface area contributed by atoms with Gasteiger partial charge in [0.25, 0.3) is 0 Å². The fourth-order valence-electron chi connectivity index (χ4n) is 2.09. The molecule has 1 aromatic carbocycles. The van der Waals surface area contributed by atoms with Gasteiger partial charge in [0.2, 0.25) is 5.90 Å². The SMILES string of the molecule is C[C@@H]1N=C(c2ccc[nH]2)O[C@@H]1c1ccccc1. The van der Waals surface area contributed by atoms with E-state index in [0.717, 1.165) is 5.69 Å². The summed E-state index contributed by atoms with van der Waals surface area (Å²) < 4.78 is 5.92. The number of nitrogens with one attached hydrogen (secondary N) is 1. The zero-order chi connectivity index (χ0) is 11.7. The second-order valence-electron chi connectivity index (χ2n) is 4.21. The molecule has 0 aliphatic carbocycles. The number of hydrogen-bond donors (Lipinski definition) is 1. The summed E-state index contributed by atoms with van der Waals surface area (Å²) in [6, 6.07) is 14.3. The largest absolute Gasteiger partial charge is 0.466 e. The van der Waals surface area contributed by atoms with E-state index in [1.165, 1.54) is 5.56 Å². The minimum absolute atomic E-state index is 0.0227. The van der Waals surface area contributed by atoms with Gasteiger partial charge in [0.05, 0.1) is 6.04 Å². The first kappa shape index (κ1) is 10.1. The molecule has 3 nitrogen and oxygen atoms in total. The Labute approximate surface area is 100 Å². The summed E-state index contributed by atoms with van der Waals surface area (Å²) in [5.41, 5.74) is 2.11. The van der Waals surface area contributed by atoms with E-state index < -0.39 is 0 Å². The Morgan fingerprint density at radius 2 is 1.94 bits per heavy atom. The molecule has 86 valence electrons. The minimum Gasteiger partial charge on any atom is -0.466 e. The van der Waals surface area contributed by atoms with Crippen molar-refractivity contribution in [1.82, 2.24) is 4.98 Å². The molecule has 0 unspecified atom stereocenters. The van der Waals surface area contributed by atoms with Crippen LogP contribution in [0.15, 0.2) is 53.7 Å². The van der Waals surface area contributed by atoms with Gasteiger partial charge in [-0.25, -0.2) is 4.99 Å². The maximum atomic E-state index is 5.92. The number of aromatic amines is 1. The first-order valence-electron chi connectivity index (χ1n) is 5.78. The van der Waals surface area contributed by atoms with Gasteiger partial charge in [0.1, 0.15) is 11.8 Å². The van der Waals surface area contributed by atoms with Crippen molar-refractivity contribution in [3.8, 4) is 0 Å². The van der Waals surface area contributed by atoms with Gasteiger partial charge >= 0.3 is 0 Å². The molecule has 2 atom stereocenters. The van der Waals surface area contributed by atoms with Crippen LogP contribution in [-0.2, 0) is 4.74 Å². The van der Waals surface area contributed by atoms with E-state index in [2.05, 4.69) is 29.0 Å². The lowest BCUT2D eigenvalue weighted by Gasteiger charge is -2.14. The molecule has 1 aliphatic rings. The molecule has 3 rings (SSSR count). The van der Waals surface area contributed by atoms with Crippen LogP contribution < -0.4 is 0 Å². The number of hydrogen-bond acceptors (Lipinski definition) is 2. The molecule has 0 spiro atoms. The number of nitrogens with zero attached hydrogens (tertiary/aromatic N) is 1. The summed E-state index contributed by atoms with van der Waals surface area (Å²) in [6.45, 7) is 2.08. The highest BCUT2D eigenvalue weighted by atomic mass is 16.5. The van der Waals surface area contributed by atoms with Crippen LogP contribution in [0, 0.1) is 0 Å². The molecule has 0 amide bonds. The highest BCUT2D eigenvalue weighted by Crippen LogP contribution is 2.30. The van der Waals surface area contributed by atoms with Crippen LogP contribution >= 0.6 is 0 Å². The predicted octanol–water partition coefficient (Wildman–Crippen LogP) is 2.92. The Balaban J connectivity index is 1.85. The normalized spacial score (nSPS) is 23.2. The quantitative estimate of drug-likeness (QED) is 0.840. The smallest absolute Gasteiger partial charge is 0.234 e. The second kappa shape index (κ2) is 4.09. The maximum Gasteiger partial charge on any atom is 0.234 e.